The summed E-state index contributed by atoms with van der Waals surface area (Å²) in [7, 11) is 1.77. The fraction of sp³-hybridized carbons (Fsp3) is 0.273. The Hall–Kier alpha value is -2.73. The van der Waals surface area contributed by atoms with Crippen LogP contribution in [0.4, 0.5) is 5.69 Å². The summed E-state index contributed by atoms with van der Waals surface area (Å²) in [5.74, 6) is -0.967. The second-order valence-electron chi connectivity index (χ2n) is 7.78. The van der Waals surface area contributed by atoms with Crippen LogP contribution in [0.5, 0.6) is 0 Å². The number of carbonyl (C=O) groups is 2. The summed E-state index contributed by atoms with van der Waals surface area (Å²) < 4.78 is 0. The van der Waals surface area contributed by atoms with Gasteiger partial charge in [-0.3, -0.25) is 9.59 Å². The van der Waals surface area contributed by atoms with E-state index in [0.29, 0.717) is 5.69 Å². The highest BCUT2D eigenvalue weighted by atomic mass is 32.2. The molecule has 3 aromatic rings. The lowest BCUT2D eigenvalue weighted by atomic mass is 9.87. The van der Waals surface area contributed by atoms with E-state index in [-0.39, 0.29) is 17.1 Å². The van der Waals surface area contributed by atoms with E-state index in [1.807, 2.05) is 42.5 Å². The smallest absolute Gasteiger partial charge is 0.313 e. The van der Waals surface area contributed by atoms with E-state index in [2.05, 4.69) is 31.8 Å². The Morgan fingerprint density at radius 3 is 2.54 bits per heavy atom. The molecule has 0 fully saturated rings. The number of aliphatic carboxylic acids is 1. The number of fused-ring (bicyclic) bond motifs is 1. The van der Waals surface area contributed by atoms with Crippen LogP contribution in [-0.4, -0.2) is 34.8 Å². The van der Waals surface area contributed by atoms with Crippen LogP contribution in [-0.2, 0) is 10.2 Å². The summed E-state index contributed by atoms with van der Waals surface area (Å²) in [6, 6.07) is 15.5. The molecule has 0 atom stereocenters. The lowest BCUT2D eigenvalue weighted by molar-refractivity contribution is -0.133. The Bertz CT molecular complexity index is 1030. The van der Waals surface area contributed by atoms with Crippen molar-refractivity contribution >= 4 is 40.2 Å². The number of aromatic amines is 1. The van der Waals surface area contributed by atoms with Crippen molar-refractivity contribution in [3.8, 4) is 0 Å². The number of aromatic nitrogens is 1. The highest BCUT2D eigenvalue weighted by molar-refractivity contribution is 8.00. The van der Waals surface area contributed by atoms with Gasteiger partial charge in [-0.25, -0.2) is 0 Å². The molecule has 6 heteroatoms. The van der Waals surface area contributed by atoms with E-state index in [9.17, 15) is 9.59 Å². The number of rotatable bonds is 5. The van der Waals surface area contributed by atoms with E-state index in [1.54, 1.807) is 11.9 Å². The number of nitrogens with one attached hydrogen (secondary N) is 1. The van der Waals surface area contributed by atoms with Crippen LogP contribution in [0.2, 0.25) is 0 Å². The molecule has 2 aromatic carbocycles. The van der Waals surface area contributed by atoms with Crippen molar-refractivity contribution in [2.75, 3.05) is 17.7 Å². The first-order valence-electron chi connectivity index (χ1n) is 9.01. The monoisotopic (exact) mass is 396 g/mol. The van der Waals surface area contributed by atoms with Gasteiger partial charge in [-0.2, -0.15) is 0 Å². The molecule has 5 nitrogen and oxygen atoms in total. The molecule has 146 valence electrons. The molecule has 28 heavy (non-hydrogen) atoms. The molecule has 0 bridgehead atoms. The molecule has 3 rings (SSSR count). The van der Waals surface area contributed by atoms with E-state index >= 15 is 0 Å². The van der Waals surface area contributed by atoms with E-state index in [1.165, 1.54) is 17.3 Å². The van der Waals surface area contributed by atoms with Crippen molar-refractivity contribution in [2.24, 2.45) is 0 Å². The predicted molar refractivity (Wildman–Crippen MR) is 115 cm³/mol. The summed E-state index contributed by atoms with van der Waals surface area (Å²) in [5, 5.41) is 9.71. The van der Waals surface area contributed by atoms with Gasteiger partial charge in [0.15, 0.2) is 0 Å². The minimum Gasteiger partial charge on any atom is -0.481 e. The zero-order valence-electron chi connectivity index (χ0n) is 16.4. The average molecular weight is 397 g/mol. The standard InChI is InChI=1S/C22H24N2O3S/c1-22(2,3)15-6-5-7-16(12-15)24(4)21(27)19-11-14-10-17(28-13-20(25)26)8-9-18(14)23-19/h5-12,23H,13H2,1-4H3,(H,25,26). The molecular weight excluding hydrogens is 372 g/mol. The van der Waals surface area contributed by atoms with Crippen molar-refractivity contribution in [1.82, 2.24) is 4.98 Å². The quantitative estimate of drug-likeness (QED) is 0.601. The molecule has 0 radical (unpaired) electrons. The molecule has 1 amide bonds. The van der Waals surface area contributed by atoms with Crippen LogP contribution in [0.25, 0.3) is 10.9 Å². The van der Waals surface area contributed by atoms with Crippen LogP contribution in [0.3, 0.4) is 0 Å². The topological polar surface area (TPSA) is 73.4 Å². The first-order chi connectivity index (χ1) is 13.1. The van der Waals surface area contributed by atoms with Crippen LogP contribution in [0.1, 0.15) is 36.8 Å². The van der Waals surface area contributed by atoms with Gasteiger partial charge in [-0.05, 0) is 47.4 Å². The minimum absolute atomic E-state index is 0.00499. The lowest BCUT2D eigenvalue weighted by Gasteiger charge is -2.23. The van der Waals surface area contributed by atoms with Crippen LogP contribution in [0.15, 0.2) is 53.4 Å². The largest absolute Gasteiger partial charge is 0.481 e. The van der Waals surface area contributed by atoms with Gasteiger partial charge in [0.25, 0.3) is 5.91 Å². The zero-order chi connectivity index (χ0) is 20.5. The molecule has 0 aliphatic rings. The molecule has 0 saturated carbocycles. The predicted octanol–water partition coefficient (Wildman–Crippen LogP) is 4.92. The summed E-state index contributed by atoms with van der Waals surface area (Å²) in [6.07, 6.45) is 0. The molecule has 0 spiro atoms. The molecule has 0 unspecified atom stereocenters. The van der Waals surface area contributed by atoms with Gasteiger partial charge in [0.1, 0.15) is 5.69 Å². The third-order valence-electron chi connectivity index (χ3n) is 4.59. The van der Waals surface area contributed by atoms with Gasteiger partial charge in [-0.15, -0.1) is 11.8 Å². The van der Waals surface area contributed by atoms with Crippen LogP contribution < -0.4 is 4.90 Å². The molecule has 1 heterocycles. The Morgan fingerprint density at radius 2 is 1.86 bits per heavy atom. The number of H-pyrrole nitrogens is 1. The second kappa shape index (κ2) is 7.72. The second-order valence-corrected chi connectivity index (χ2v) is 8.83. The van der Waals surface area contributed by atoms with E-state index in [4.69, 9.17) is 5.11 Å². The SMILES string of the molecule is CN(C(=O)c1cc2cc(SCC(=O)O)ccc2[nH]1)c1cccc(C(C)(C)C)c1. The van der Waals surface area contributed by atoms with Gasteiger partial charge < -0.3 is 15.0 Å². The number of carboxylic acids is 1. The molecule has 0 saturated heterocycles. The average Bonchev–Trinajstić information content (AvgIpc) is 3.08. The minimum atomic E-state index is -0.853. The third kappa shape index (κ3) is 4.39. The number of anilines is 1. The van der Waals surface area contributed by atoms with Crippen molar-refractivity contribution in [2.45, 2.75) is 31.1 Å². The number of carboxylic acid groups (broad SMARTS) is 1. The van der Waals surface area contributed by atoms with Crippen LogP contribution in [0, 0.1) is 0 Å². The molecule has 2 N–H and O–H groups in total. The Labute approximate surface area is 168 Å². The Morgan fingerprint density at radius 1 is 1.11 bits per heavy atom. The summed E-state index contributed by atoms with van der Waals surface area (Å²) in [6.45, 7) is 6.43. The summed E-state index contributed by atoms with van der Waals surface area (Å²) in [4.78, 5) is 29.4. The van der Waals surface area contributed by atoms with Gasteiger partial charge in [0, 0.05) is 28.5 Å². The van der Waals surface area contributed by atoms with E-state index < -0.39 is 5.97 Å². The third-order valence-corrected chi connectivity index (χ3v) is 5.57. The van der Waals surface area contributed by atoms with Crippen molar-refractivity contribution in [3.05, 3.63) is 59.8 Å². The van der Waals surface area contributed by atoms with Gasteiger partial charge in [0.05, 0.1) is 5.75 Å². The number of amides is 1. The van der Waals surface area contributed by atoms with Crippen LogP contribution >= 0.6 is 11.8 Å². The lowest BCUT2D eigenvalue weighted by Crippen LogP contribution is -2.27. The number of hydrogen-bond acceptors (Lipinski definition) is 3. The highest BCUT2D eigenvalue weighted by Crippen LogP contribution is 2.28. The van der Waals surface area contributed by atoms with Crippen molar-refractivity contribution < 1.29 is 14.7 Å². The molecule has 1 aromatic heterocycles. The maximum absolute atomic E-state index is 13.0. The van der Waals surface area contributed by atoms with Gasteiger partial charge in [-0.1, -0.05) is 32.9 Å². The van der Waals surface area contributed by atoms with E-state index in [0.717, 1.165) is 21.5 Å². The summed E-state index contributed by atoms with van der Waals surface area (Å²) in [5.41, 5.74) is 3.36. The molecule has 0 aliphatic heterocycles. The normalized spacial score (nSPS) is 11.6. The zero-order valence-corrected chi connectivity index (χ0v) is 17.3. The molecule has 0 aliphatic carbocycles. The highest BCUT2D eigenvalue weighted by Gasteiger charge is 2.19. The first-order valence-corrected chi connectivity index (χ1v) is 9.99. The fourth-order valence-electron chi connectivity index (χ4n) is 2.94. The van der Waals surface area contributed by atoms with Crippen molar-refractivity contribution in [1.29, 1.82) is 0 Å². The first kappa shape index (κ1) is 20.0. The van der Waals surface area contributed by atoms with Gasteiger partial charge >= 0.3 is 5.97 Å². The number of thioether (sulfide) groups is 1. The van der Waals surface area contributed by atoms with Crippen molar-refractivity contribution in [3.63, 3.8) is 0 Å². The summed E-state index contributed by atoms with van der Waals surface area (Å²) >= 11 is 1.26. The van der Waals surface area contributed by atoms with Gasteiger partial charge in [0.2, 0.25) is 0 Å². The maximum atomic E-state index is 13.0. The maximum Gasteiger partial charge on any atom is 0.313 e. The Balaban J connectivity index is 1.85. The Kier molecular flexibility index (Phi) is 5.52. The number of nitrogens with zero attached hydrogens (tertiary/aromatic N) is 1. The number of benzene rings is 2. The number of carbonyl (C=O) groups excluding carboxylic acids is 1. The molecular formula is C22H24N2O3S. The fourth-order valence-corrected chi connectivity index (χ4v) is 3.60. The number of hydrogen-bond donors (Lipinski definition) is 2.